The van der Waals surface area contributed by atoms with Gasteiger partial charge in [-0.15, -0.1) is 11.3 Å². The molecule has 0 radical (unpaired) electrons. The Morgan fingerprint density at radius 2 is 2.04 bits per heavy atom. The number of carbonyl (C=O) groups excluding carboxylic acids is 1. The highest BCUT2D eigenvalue weighted by atomic mass is 32.1. The zero-order valence-electron chi connectivity index (χ0n) is 13.8. The highest BCUT2D eigenvalue weighted by Crippen LogP contribution is 2.39. The minimum Gasteiger partial charge on any atom is -0.439 e. The van der Waals surface area contributed by atoms with Crippen LogP contribution < -0.4 is 4.74 Å². The van der Waals surface area contributed by atoms with Crippen molar-refractivity contribution in [3.8, 4) is 16.9 Å². The minimum absolute atomic E-state index is 0.0326. The van der Waals surface area contributed by atoms with Crippen LogP contribution in [0.2, 0.25) is 0 Å². The Kier molecular flexibility index (Phi) is 5.27. The fraction of sp³-hybridized carbons (Fsp3) is 0.333. The number of morpholine rings is 1. The van der Waals surface area contributed by atoms with Crippen molar-refractivity contribution in [1.29, 1.82) is 0 Å². The van der Waals surface area contributed by atoms with Gasteiger partial charge in [0.2, 0.25) is 0 Å². The number of nitrogens with zero attached hydrogens (tertiary/aromatic N) is 2. The van der Waals surface area contributed by atoms with E-state index in [4.69, 9.17) is 9.47 Å². The number of thiophene rings is 1. The Bertz CT molecular complexity index is 734. The lowest BCUT2D eigenvalue weighted by atomic mass is 10.1. The van der Waals surface area contributed by atoms with E-state index in [9.17, 15) is 4.79 Å². The molecule has 0 unspecified atom stereocenters. The predicted molar refractivity (Wildman–Crippen MR) is 94.1 cm³/mol. The van der Waals surface area contributed by atoms with Gasteiger partial charge in [-0.25, -0.2) is 0 Å². The number of pyridine rings is 1. The molecule has 1 fully saturated rings. The second-order valence-corrected chi connectivity index (χ2v) is 6.65. The lowest BCUT2D eigenvalue weighted by Gasteiger charge is -2.30. The van der Waals surface area contributed by atoms with Gasteiger partial charge in [-0.2, -0.15) is 0 Å². The molecule has 126 valence electrons. The summed E-state index contributed by atoms with van der Waals surface area (Å²) < 4.78 is 11.6. The molecule has 0 atom stereocenters. The average molecular weight is 344 g/mol. The van der Waals surface area contributed by atoms with E-state index in [0.717, 1.165) is 21.8 Å². The van der Waals surface area contributed by atoms with Crippen molar-refractivity contribution in [2.45, 2.75) is 13.8 Å². The molecular formula is C18H20N2O3S. The molecule has 6 heteroatoms. The molecule has 0 spiro atoms. The molecular weight excluding hydrogens is 324 g/mol. The molecule has 0 aromatic carbocycles. The average Bonchev–Trinajstić information content (AvgIpc) is 2.96. The third-order valence-corrected chi connectivity index (χ3v) is 4.66. The van der Waals surface area contributed by atoms with Gasteiger partial charge in [0.25, 0.3) is 0 Å². The SMILES string of the molecule is CC(=O)/C=C(\Oc1c(-c2ccncc2)csc1C)N1CCOCC1. The molecule has 5 nitrogen and oxygen atoms in total. The summed E-state index contributed by atoms with van der Waals surface area (Å²) in [7, 11) is 0. The van der Waals surface area contributed by atoms with Crippen molar-refractivity contribution >= 4 is 17.1 Å². The Balaban J connectivity index is 1.93. The van der Waals surface area contributed by atoms with E-state index in [1.54, 1.807) is 29.8 Å². The molecule has 1 aliphatic rings. The van der Waals surface area contributed by atoms with Gasteiger partial charge in [0.1, 0.15) is 0 Å². The summed E-state index contributed by atoms with van der Waals surface area (Å²) in [6.45, 7) is 6.26. The van der Waals surface area contributed by atoms with E-state index in [2.05, 4.69) is 15.3 Å². The smallest absolute Gasteiger partial charge is 0.199 e. The number of aryl methyl sites for hydroxylation is 1. The number of carbonyl (C=O) groups is 1. The fourth-order valence-electron chi connectivity index (χ4n) is 2.55. The van der Waals surface area contributed by atoms with Crippen LogP contribution in [0.15, 0.2) is 41.9 Å². The number of allylic oxidation sites excluding steroid dienone is 1. The summed E-state index contributed by atoms with van der Waals surface area (Å²) >= 11 is 1.63. The monoisotopic (exact) mass is 344 g/mol. The van der Waals surface area contributed by atoms with Crippen molar-refractivity contribution in [1.82, 2.24) is 9.88 Å². The van der Waals surface area contributed by atoms with Crippen LogP contribution in [0.4, 0.5) is 0 Å². The van der Waals surface area contributed by atoms with Crippen LogP contribution in [0.3, 0.4) is 0 Å². The summed E-state index contributed by atoms with van der Waals surface area (Å²) in [6.07, 6.45) is 5.08. The summed E-state index contributed by atoms with van der Waals surface area (Å²) in [5.41, 5.74) is 2.07. The van der Waals surface area contributed by atoms with Crippen molar-refractivity contribution < 1.29 is 14.3 Å². The standard InChI is InChI=1S/C18H20N2O3S/c1-13(21)11-17(20-7-9-22-10-8-20)23-18-14(2)24-12-16(18)15-3-5-19-6-4-15/h3-6,11-12H,7-10H2,1-2H3/b17-11-. The van der Waals surface area contributed by atoms with Crippen molar-refractivity contribution in [3.05, 3.63) is 46.7 Å². The summed E-state index contributed by atoms with van der Waals surface area (Å²) in [5.74, 6) is 1.35. The molecule has 3 heterocycles. The van der Waals surface area contributed by atoms with Crippen molar-refractivity contribution in [2.75, 3.05) is 26.3 Å². The van der Waals surface area contributed by atoms with Gasteiger partial charge in [-0.05, 0) is 31.5 Å². The molecule has 0 bridgehead atoms. The van der Waals surface area contributed by atoms with Crippen molar-refractivity contribution in [3.63, 3.8) is 0 Å². The van der Waals surface area contributed by atoms with E-state index in [1.165, 1.54) is 6.92 Å². The third kappa shape index (κ3) is 3.83. The Labute approximate surface area is 145 Å². The molecule has 0 saturated carbocycles. The summed E-state index contributed by atoms with van der Waals surface area (Å²) in [6, 6.07) is 3.91. The third-order valence-electron chi connectivity index (χ3n) is 3.77. The van der Waals surface area contributed by atoms with Crippen LogP contribution >= 0.6 is 11.3 Å². The van der Waals surface area contributed by atoms with Gasteiger partial charge >= 0.3 is 0 Å². The minimum atomic E-state index is -0.0326. The van der Waals surface area contributed by atoms with Gasteiger partial charge in [0.15, 0.2) is 17.4 Å². The first-order valence-corrected chi connectivity index (χ1v) is 8.74. The van der Waals surface area contributed by atoms with E-state index in [1.807, 2.05) is 19.1 Å². The maximum atomic E-state index is 11.6. The van der Waals surface area contributed by atoms with Gasteiger partial charge in [0, 0.05) is 47.4 Å². The first-order chi connectivity index (χ1) is 11.6. The van der Waals surface area contributed by atoms with E-state index in [-0.39, 0.29) is 5.78 Å². The maximum Gasteiger partial charge on any atom is 0.199 e. The first-order valence-electron chi connectivity index (χ1n) is 7.86. The number of aromatic nitrogens is 1. The van der Waals surface area contributed by atoms with E-state index in [0.29, 0.717) is 32.2 Å². The maximum absolute atomic E-state index is 11.6. The van der Waals surface area contributed by atoms with Gasteiger partial charge in [-0.3, -0.25) is 9.78 Å². The van der Waals surface area contributed by atoms with Crippen LogP contribution in [-0.2, 0) is 9.53 Å². The van der Waals surface area contributed by atoms with Gasteiger partial charge in [0.05, 0.1) is 13.2 Å². The van der Waals surface area contributed by atoms with Crippen LogP contribution in [-0.4, -0.2) is 42.0 Å². The molecule has 24 heavy (non-hydrogen) atoms. The molecule has 1 saturated heterocycles. The first kappa shape index (κ1) is 16.7. The predicted octanol–water partition coefficient (Wildman–Crippen LogP) is 3.26. The Hall–Kier alpha value is -2.18. The molecule has 0 amide bonds. The Morgan fingerprint density at radius 1 is 1.33 bits per heavy atom. The number of hydrogen-bond acceptors (Lipinski definition) is 6. The zero-order chi connectivity index (χ0) is 16.9. The van der Waals surface area contributed by atoms with Crippen LogP contribution in [0.5, 0.6) is 5.75 Å². The number of hydrogen-bond donors (Lipinski definition) is 0. The second kappa shape index (κ2) is 7.59. The lowest BCUT2D eigenvalue weighted by Crippen LogP contribution is -2.37. The van der Waals surface area contributed by atoms with E-state index < -0.39 is 0 Å². The number of ether oxygens (including phenoxy) is 2. The quantitative estimate of drug-likeness (QED) is 0.615. The van der Waals surface area contributed by atoms with Crippen molar-refractivity contribution in [2.24, 2.45) is 0 Å². The lowest BCUT2D eigenvalue weighted by molar-refractivity contribution is -0.113. The Morgan fingerprint density at radius 3 is 2.71 bits per heavy atom. The highest BCUT2D eigenvalue weighted by molar-refractivity contribution is 7.10. The van der Waals surface area contributed by atoms with E-state index >= 15 is 0 Å². The van der Waals surface area contributed by atoms with Gasteiger partial charge in [-0.1, -0.05) is 0 Å². The molecule has 0 N–H and O–H groups in total. The zero-order valence-corrected chi connectivity index (χ0v) is 14.6. The van der Waals surface area contributed by atoms with Gasteiger partial charge < -0.3 is 14.4 Å². The summed E-state index contributed by atoms with van der Waals surface area (Å²) in [4.78, 5) is 18.8. The normalized spacial score (nSPS) is 15.4. The summed E-state index contributed by atoms with van der Waals surface area (Å²) in [5, 5.41) is 2.07. The molecule has 0 aliphatic carbocycles. The molecule has 3 rings (SSSR count). The number of ketones is 1. The molecule has 2 aromatic heterocycles. The number of rotatable bonds is 5. The highest BCUT2D eigenvalue weighted by Gasteiger charge is 2.20. The molecule has 1 aliphatic heterocycles. The van der Waals surface area contributed by atoms with Crippen LogP contribution in [0.1, 0.15) is 11.8 Å². The molecule has 2 aromatic rings. The van der Waals surface area contributed by atoms with Crippen LogP contribution in [0.25, 0.3) is 11.1 Å². The second-order valence-electron chi connectivity index (χ2n) is 5.57. The topological polar surface area (TPSA) is 51.7 Å². The fourth-order valence-corrected chi connectivity index (χ4v) is 3.35. The van der Waals surface area contributed by atoms with Crippen LogP contribution in [0, 0.1) is 6.92 Å². The largest absolute Gasteiger partial charge is 0.439 e.